The molecule has 1 atom stereocenters. The third kappa shape index (κ3) is 6.22. The summed E-state index contributed by atoms with van der Waals surface area (Å²) in [5, 5.41) is 11.4. The van der Waals surface area contributed by atoms with Crippen LogP contribution >= 0.6 is 0 Å². The second-order valence-electron chi connectivity index (χ2n) is 10.5. The van der Waals surface area contributed by atoms with Crippen LogP contribution in [0.3, 0.4) is 0 Å². The number of rotatable bonds is 9. The maximum Gasteiger partial charge on any atom is 0.338 e. The summed E-state index contributed by atoms with van der Waals surface area (Å²) >= 11 is 0. The first-order chi connectivity index (χ1) is 19.1. The van der Waals surface area contributed by atoms with E-state index >= 15 is 0 Å². The molecule has 1 saturated heterocycles. The van der Waals surface area contributed by atoms with Gasteiger partial charge in [-0.2, -0.15) is 0 Å². The van der Waals surface area contributed by atoms with E-state index in [0.717, 1.165) is 5.56 Å². The van der Waals surface area contributed by atoms with Crippen LogP contribution in [0.2, 0.25) is 0 Å². The summed E-state index contributed by atoms with van der Waals surface area (Å²) in [6.45, 7) is 10.2. The average Bonchev–Trinajstić information content (AvgIpc) is 3.17. The molecule has 8 heteroatoms. The van der Waals surface area contributed by atoms with Crippen LogP contribution in [0, 0.1) is 12.8 Å². The Labute approximate surface area is 234 Å². The van der Waals surface area contributed by atoms with E-state index in [4.69, 9.17) is 9.47 Å². The summed E-state index contributed by atoms with van der Waals surface area (Å²) in [5.41, 5.74) is 2.89. The maximum absolute atomic E-state index is 13.4. The minimum absolute atomic E-state index is 0.00891. The van der Waals surface area contributed by atoms with Crippen LogP contribution in [0.1, 0.15) is 66.3 Å². The highest BCUT2D eigenvalue weighted by atomic mass is 16.5. The highest BCUT2D eigenvalue weighted by Crippen LogP contribution is 2.40. The zero-order chi connectivity index (χ0) is 29.0. The number of aryl methyl sites for hydroxylation is 1. The van der Waals surface area contributed by atoms with E-state index in [0.29, 0.717) is 40.5 Å². The smallest absolute Gasteiger partial charge is 0.338 e. The summed E-state index contributed by atoms with van der Waals surface area (Å²) in [4.78, 5) is 44.5. The molecular formula is C32H34N2O6. The fourth-order valence-electron chi connectivity index (χ4n) is 4.52. The molecule has 1 aliphatic heterocycles. The number of ether oxygens (including phenoxy) is 2. The Bertz CT molecular complexity index is 1430. The Kier molecular flexibility index (Phi) is 8.67. The van der Waals surface area contributed by atoms with Gasteiger partial charge in [-0.05, 0) is 79.8 Å². The van der Waals surface area contributed by atoms with Crippen molar-refractivity contribution in [2.45, 2.75) is 53.3 Å². The van der Waals surface area contributed by atoms with Gasteiger partial charge in [-0.15, -0.1) is 0 Å². The molecule has 2 heterocycles. The second kappa shape index (κ2) is 12.2. The SMILES string of the molecule is Cc1cc(/C(O)=C2/C(=O)C(=O)N(Cc3ccc(C(=O)OC(C)C)cc3)C2c2cccnc2)ccc1OCC(C)C. The average molecular weight is 543 g/mol. The number of aromatic nitrogens is 1. The van der Waals surface area contributed by atoms with Gasteiger partial charge in [0, 0.05) is 24.5 Å². The Morgan fingerprint density at radius 1 is 1.02 bits per heavy atom. The van der Waals surface area contributed by atoms with Crippen molar-refractivity contribution in [3.05, 3.63) is 100 Å². The number of carbonyl (C=O) groups is 3. The van der Waals surface area contributed by atoms with E-state index in [9.17, 15) is 19.5 Å². The predicted molar refractivity (Wildman–Crippen MR) is 151 cm³/mol. The third-order valence-electron chi connectivity index (χ3n) is 6.45. The molecule has 0 bridgehead atoms. The largest absolute Gasteiger partial charge is 0.507 e. The van der Waals surface area contributed by atoms with Crippen LogP contribution in [-0.2, 0) is 20.9 Å². The third-order valence-corrected chi connectivity index (χ3v) is 6.45. The lowest BCUT2D eigenvalue weighted by Crippen LogP contribution is -2.29. The molecule has 2 aromatic carbocycles. The Morgan fingerprint density at radius 3 is 2.33 bits per heavy atom. The second-order valence-corrected chi connectivity index (χ2v) is 10.5. The standard InChI is InChI=1S/C32H34N2O6/c1-19(2)18-39-26-13-12-24(15-21(26)5)29(35)27-28(25-7-6-14-33-16-25)34(31(37)30(27)36)17-22-8-10-23(11-9-22)32(38)40-20(3)4/h6-16,19-20,28,35H,17-18H2,1-5H3/b29-27-. The van der Waals surface area contributed by atoms with E-state index < -0.39 is 23.7 Å². The molecule has 0 aliphatic carbocycles. The van der Waals surface area contributed by atoms with E-state index in [2.05, 4.69) is 18.8 Å². The Morgan fingerprint density at radius 2 is 1.73 bits per heavy atom. The lowest BCUT2D eigenvalue weighted by Gasteiger charge is -2.25. The number of pyridine rings is 1. The fourth-order valence-corrected chi connectivity index (χ4v) is 4.52. The number of carbonyl (C=O) groups excluding carboxylic acids is 3. The number of nitrogens with zero attached hydrogens (tertiary/aromatic N) is 2. The summed E-state index contributed by atoms with van der Waals surface area (Å²) in [6.07, 6.45) is 2.94. The Balaban J connectivity index is 1.70. The van der Waals surface area contributed by atoms with E-state index in [1.54, 1.807) is 80.8 Å². The first kappa shape index (κ1) is 28.5. The summed E-state index contributed by atoms with van der Waals surface area (Å²) in [5.74, 6) is -1.16. The molecular weight excluding hydrogens is 508 g/mol. The van der Waals surface area contributed by atoms with E-state index in [1.165, 1.54) is 4.90 Å². The van der Waals surface area contributed by atoms with Crippen LogP contribution in [-0.4, -0.2) is 45.4 Å². The van der Waals surface area contributed by atoms with Crippen LogP contribution in [0.15, 0.2) is 72.6 Å². The monoisotopic (exact) mass is 542 g/mol. The number of aliphatic hydroxyl groups is 1. The molecule has 1 N–H and O–H groups in total. The number of esters is 1. The van der Waals surface area contributed by atoms with Crippen molar-refractivity contribution in [3.63, 3.8) is 0 Å². The highest BCUT2D eigenvalue weighted by molar-refractivity contribution is 6.46. The highest BCUT2D eigenvalue weighted by Gasteiger charge is 2.46. The van der Waals surface area contributed by atoms with Crippen LogP contribution in [0.4, 0.5) is 0 Å². The number of aliphatic hydroxyl groups excluding tert-OH is 1. The molecule has 0 spiro atoms. The zero-order valence-electron chi connectivity index (χ0n) is 23.4. The molecule has 4 rings (SSSR count). The predicted octanol–water partition coefficient (Wildman–Crippen LogP) is 5.61. The first-order valence-electron chi connectivity index (χ1n) is 13.3. The number of Topliss-reactive ketones (excluding diaryl/α,β-unsaturated/α-hetero) is 1. The van der Waals surface area contributed by atoms with E-state index in [-0.39, 0.29) is 24.0 Å². The first-order valence-corrected chi connectivity index (χ1v) is 13.3. The number of amides is 1. The minimum atomic E-state index is -0.851. The molecule has 208 valence electrons. The van der Waals surface area contributed by atoms with Crippen molar-refractivity contribution >= 4 is 23.4 Å². The molecule has 40 heavy (non-hydrogen) atoms. The molecule has 8 nitrogen and oxygen atoms in total. The van der Waals surface area contributed by atoms with Gasteiger partial charge in [0.1, 0.15) is 11.5 Å². The van der Waals surface area contributed by atoms with Gasteiger partial charge in [0.15, 0.2) is 0 Å². The van der Waals surface area contributed by atoms with Gasteiger partial charge in [-0.25, -0.2) is 4.79 Å². The lowest BCUT2D eigenvalue weighted by molar-refractivity contribution is -0.140. The number of benzene rings is 2. The minimum Gasteiger partial charge on any atom is -0.507 e. The molecule has 1 aromatic heterocycles. The molecule has 0 radical (unpaired) electrons. The van der Waals surface area contributed by atoms with Gasteiger partial charge in [0.05, 0.1) is 29.9 Å². The van der Waals surface area contributed by atoms with Crippen molar-refractivity contribution in [2.75, 3.05) is 6.61 Å². The Hall–Kier alpha value is -4.46. The number of ketones is 1. The van der Waals surface area contributed by atoms with Crippen molar-refractivity contribution in [1.82, 2.24) is 9.88 Å². The zero-order valence-corrected chi connectivity index (χ0v) is 23.4. The molecule has 0 saturated carbocycles. The summed E-state index contributed by atoms with van der Waals surface area (Å²) in [7, 11) is 0. The quantitative estimate of drug-likeness (QED) is 0.162. The van der Waals surface area contributed by atoms with Crippen molar-refractivity contribution < 1.29 is 29.0 Å². The number of likely N-dealkylation sites (tertiary alicyclic amines) is 1. The maximum atomic E-state index is 13.4. The van der Waals surface area contributed by atoms with Crippen molar-refractivity contribution in [1.29, 1.82) is 0 Å². The van der Waals surface area contributed by atoms with Crippen molar-refractivity contribution in [2.24, 2.45) is 5.92 Å². The van der Waals surface area contributed by atoms with Gasteiger partial charge in [-0.1, -0.05) is 32.0 Å². The van der Waals surface area contributed by atoms with E-state index in [1.807, 2.05) is 6.92 Å². The molecule has 3 aromatic rings. The molecule has 1 unspecified atom stereocenters. The topological polar surface area (TPSA) is 106 Å². The van der Waals surface area contributed by atoms with Crippen LogP contribution < -0.4 is 4.74 Å². The molecule has 1 fully saturated rings. The molecule has 1 aliphatic rings. The molecule has 1 amide bonds. The van der Waals surface area contributed by atoms with Gasteiger partial charge in [-0.3, -0.25) is 14.6 Å². The van der Waals surface area contributed by atoms with Crippen LogP contribution in [0.5, 0.6) is 5.75 Å². The van der Waals surface area contributed by atoms with Crippen LogP contribution in [0.25, 0.3) is 5.76 Å². The summed E-state index contributed by atoms with van der Waals surface area (Å²) in [6, 6.07) is 14.5. The van der Waals surface area contributed by atoms with Crippen molar-refractivity contribution in [3.8, 4) is 5.75 Å². The van der Waals surface area contributed by atoms with Gasteiger partial charge >= 0.3 is 5.97 Å². The lowest BCUT2D eigenvalue weighted by atomic mass is 9.95. The fraction of sp³-hybridized carbons (Fsp3) is 0.312. The van der Waals surface area contributed by atoms with Gasteiger partial charge in [0.2, 0.25) is 0 Å². The van der Waals surface area contributed by atoms with Gasteiger partial charge in [0.25, 0.3) is 11.7 Å². The van der Waals surface area contributed by atoms with Gasteiger partial charge < -0.3 is 19.5 Å². The number of hydrogen-bond donors (Lipinski definition) is 1. The summed E-state index contributed by atoms with van der Waals surface area (Å²) < 4.78 is 11.1. The normalized spacial score (nSPS) is 16.6. The number of hydrogen-bond acceptors (Lipinski definition) is 7.